The van der Waals surface area contributed by atoms with Gasteiger partial charge in [-0.1, -0.05) is 30.3 Å². The molecule has 0 saturated carbocycles. The summed E-state index contributed by atoms with van der Waals surface area (Å²) in [7, 11) is 0. The standard InChI is InChI=1S/C33H37F3N4O4/c1-21(39-29(41)28-16-26(11-13-37-28)40-14-12-32(18-40)19-43-20-32)22-5-7-23(8-6-22)27-15-25(33(34,35)36)10-9-24(27)17-38-30(42)44-31(2,3)4/h5-11,13,15-16,21H,12,14,17-20H2,1-4H3,(H,38,42)(H,39,41)/t21-/m1/s1. The van der Waals surface area contributed by atoms with Gasteiger partial charge < -0.3 is 25.0 Å². The predicted octanol–water partition coefficient (Wildman–Crippen LogP) is 6.51. The number of aromatic nitrogens is 1. The van der Waals surface area contributed by atoms with Crippen LogP contribution in [0.2, 0.25) is 0 Å². The molecule has 234 valence electrons. The molecule has 0 aliphatic carbocycles. The summed E-state index contributed by atoms with van der Waals surface area (Å²) in [4.78, 5) is 31.8. The summed E-state index contributed by atoms with van der Waals surface area (Å²) in [5, 5.41) is 5.59. The molecule has 0 unspecified atom stereocenters. The smallest absolute Gasteiger partial charge is 0.416 e. The molecule has 5 rings (SSSR count). The van der Waals surface area contributed by atoms with E-state index in [1.807, 2.05) is 13.0 Å². The Morgan fingerprint density at radius 1 is 1.07 bits per heavy atom. The van der Waals surface area contributed by atoms with Crippen molar-refractivity contribution >= 4 is 17.7 Å². The molecule has 1 atom stereocenters. The molecule has 2 saturated heterocycles. The maximum atomic E-state index is 13.6. The quantitative estimate of drug-likeness (QED) is 0.317. The minimum absolute atomic E-state index is 0.0190. The number of anilines is 1. The monoisotopic (exact) mass is 610 g/mol. The van der Waals surface area contributed by atoms with Crippen molar-refractivity contribution in [3.63, 3.8) is 0 Å². The zero-order valence-corrected chi connectivity index (χ0v) is 25.3. The van der Waals surface area contributed by atoms with Crippen LogP contribution in [0.25, 0.3) is 11.1 Å². The van der Waals surface area contributed by atoms with Crippen molar-refractivity contribution in [2.75, 3.05) is 31.2 Å². The second-order valence-corrected chi connectivity index (χ2v) is 12.6. The third kappa shape index (κ3) is 7.32. The maximum absolute atomic E-state index is 13.6. The van der Waals surface area contributed by atoms with Gasteiger partial charge in [-0.05, 0) is 80.6 Å². The molecule has 2 aromatic carbocycles. The number of carbonyl (C=O) groups excluding carboxylic acids is 2. The van der Waals surface area contributed by atoms with Crippen LogP contribution in [-0.2, 0) is 22.2 Å². The fourth-order valence-electron chi connectivity index (χ4n) is 5.48. The lowest BCUT2D eigenvalue weighted by atomic mass is 9.85. The number of nitrogens with zero attached hydrogens (tertiary/aromatic N) is 2. The number of benzene rings is 2. The molecule has 2 N–H and O–H groups in total. The van der Waals surface area contributed by atoms with E-state index in [0.29, 0.717) is 22.4 Å². The molecule has 3 aromatic rings. The average molecular weight is 611 g/mol. The Morgan fingerprint density at radius 2 is 1.80 bits per heavy atom. The second-order valence-electron chi connectivity index (χ2n) is 12.6. The number of hydrogen-bond acceptors (Lipinski definition) is 6. The lowest BCUT2D eigenvalue weighted by Crippen LogP contribution is -2.44. The number of ether oxygens (including phenoxy) is 2. The van der Waals surface area contributed by atoms with E-state index in [4.69, 9.17) is 9.47 Å². The van der Waals surface area contributed by atoms with Gasteiger partial charge in [0.25, 0.3) is 5.91 Å². The number of hydrogen-bond donors (Lipinski definition) is 2. The van der Waals surface area contributed by atoms with Crippen molar-refractivity contribution < 1.29 is 32.2 Å². The van der Waals surface area contributed by atoms with E-state index in [1.165, 1.54) is 6.07 Å². The highest BCUT2D eigenvalue weighted by Crippen LogP contribution is 2.39. The van der Waals surface area contributed by atoms with Crippen LogP contribution in [-0.4, -0.2) is 48.9 Å². The first-order valence-electron chi connectivity index (χ1n) is 14.6. The van der Waals surface area contributed by atoms with Crippen LogP contribution in [0.5, 0.6) is 0 Å². The van der Waals surface area contributed by atoms with Gasteiger partial charge in [-0.15, -0.1) is 0 Å². The average Bonchev–Trinajstić information content (AvgIpc) is 3.42. The van der Waals surface area contributed by atoms with E-state index in [-0.39, 0.29) is 23.9 Å². The highest BCUT2D eigenvalue weighted by Gasteiger charge is 2.44. The Labute approximate surface area is 254 Å². The molecule has 11 heteroatoms. The fraction of sp³-hybridized carbons (Fsp3) is 0.424. The molecule has 2 fully saturated rings. The Kier molecular flexibility index (Phi) is 8.62. The Morgan fingerprint density at radius 3 is 2.41 bits per heavy atom. The summed E-state index contributed by atoms with van der Waals surface area (Å²) in [5.41, 5.74) is 2.10. The largest absolute Gasteiger partial charge is 0.444 e. The van der Waals surface area contributed by atoms with Crippen LogP contribution in [0.15, 0.2) is 60.8 Å². The summed E-state index contributed by atoms with van der Waals surface area (Å²) < 4.78 is 51.4. The number of amides is 2. The number of alkyl halides is 3. The zero-order chi connectivity index (χ0) is 31.7. The minimum atomic E-state index is -4.53. The first-order chi connectivity index (χ1) is 20.7. The summed E-state index contributed by atoms with van der Waals surface area (Å²) in [6.45, 7) is 10.3. The van der Waals surface area contributed by atoms with Crippen molar-refractivity contribution in [3.8, 4) is 11.1 Å². The minimum Gasteiger partial charge on any atom is -0.444 e. The number of carbonyl (C=O) groups is 2. The van der Waals surface area contributed by atoms with E-state index in [9.17, 15) is 22.8 Å². The molecule has 0 bridgehead atoms. The topological polar surface area (TPSA) is 92.8 Å². The van der Waals surface area contributed by atoms with Crippen LogP contribution in [0, 0.1) is 5.41 Å². The lowest BCUT2D eigenvalue weighted by molar-refractivity contribution is -0.137. The normalized spacial score (nSPS) is 16.8. The van der Waals surface area contributed by atoms with Crippen LogP contribution >= 0.6 is 0 Å². The van der Waals surface area contributed by atoms with Gasteiger partial charge in [-0.2, -0.15) is 13.2 Å². The SMILES string of the molecule is C[C@@H](NC(=O)c1cc(N2CCC3(COC3)C2)ccn1)c1ccc(-c2cc(C(F)(F)F)ccc2CNC(=O)OC(C)(C)C)cc1. The molecule has 8 nitrogen and oxygen atoms in total. The Balaban J connectivity index is 1.28. The van der Waals surface area contributed by atoms with Gasteiger partial charge in [0.2, 0.25) is 0 Å². The molecule has 1 spiro atoms. The van der Waals surface area contributed by atoms with E-state index in [1.54, 1.807) is 57.3 Å². The second kappa shape index (κ2) is 12.1. The van der Waals surface area contributed by atoms with Crippen LogP contribution in [0.1, 0.15) is 67.3 Å². The molecule has 3 heterocycles. The molecule has 1 aromatic heterocycles. The van der Waals surface area contributed by atoms with Gasteiger partial charge in [0.05, 0.1) is 24.8 Å². The fourth-order valence-corrected chi connectivity index (χ4v) is 5.48. The number of rotatable bonds is 7. The number of nitrogens with one attached hydrogen (secondary N) is 2. The summed E-state index contributed by atoms with van der Waals surface area (Å²) in [6.07, 6.45) is -2.50. The summed E-state index contributed by atoms with van der Waals surface area (Å²) in [5.74, 6) is -0.322. The molecule has 0 radical (unpaired) electrons. The van der Waals surface area contributed by atoms with Crippen molar-refractivity contribution in [1.29, 1.82) is 0 Å². The van der Waals surface area contributed by atoms with Crippen LogP contribution in [0.4, 0.5) is 23.7 Å². The third-order valence-corrected chi connectivity index (χ3v) is 7.92. The van der Waals surface area contributed by atoms with Gasteiger partial charge in [-0.3, -0.25) is 9.78 Å². The summed E-state index contributed by atoms with van der Waals surface area (Å²) in [6, 6.07) is 13.7. The van der Waals surface area contributed by atoms with Gasteiger partial charge in [0.15, 0.2) is 0 Å². The molecule has 2 amide bonds. The Bertz CT molecular complexity index is 1510. The number of pyridine rings is 1. The van der Waals surface area contributed by atoms with Crippen molar-refractivity contribution in [3.05, 3.63) is 83.2 Å². The molecular formula is C33H37F3N4O4. The maximum Gasteiger partial charge on any atom is 0.416 e. The van der Waals surface area contributed by atoms with Gasteiger partial charge >= 0.3 is 12.3 Å². The third-order valence-electron chi connectivity index (χ3n) is 7.92. The molecule has 2 aliphatic rings. The number of alkyl carbamates (subject to hydrolysis) is 1. The van der Waals surface area contributed by atoms with Crippen LogP contribution < -0.4 is 15.5 Å². The number of halogens is 3. The van der Waals surface area contributed by atoms with E-state index in [2.05, 4.69) is 20.5 Å². The van der Waals surface area contributed by atoms with Crippen LogP contribution in [0.3, 0.4) is 0 Å². The first-order valence-corrected chi connectivity index (χ1v) is 14.6. The Hall–Kier alpha value is -4.12. The van der Waals surface area contributed by atoms with Crippen molar-refractivity contribution in [1.82, 2.24) is 15.6 Å². The van der Waals surface area contributed by atoms with E-state index >= 15 is 0 Å². The first kappa shape index (κ1) is 31.3. The lowest BCUT2D eigenvalue weighted by Gasteiger charge is -2.37. The van der Waals surface area contributed by atoms with Gasteiger partial charge in [-0.25, -0.2) is 4.79 Å². The van der Waals surface area contributed by atoms with E-state index in [0.717, 1.165) is 56.1 Å². The van der Waals surface area contributed by atoms with Gasteiger partial charge in [0, 0.05) is 36.9 Å². The summed E-state index contributed by atoms with van der Waals surface area (Å²) >= 11 is 0. The highest BCUT2D eigenvalue weighted by molar-refractivity contribution is 5.93. The predicted molar refractivity (Wildman–Crippen MR) is 160 cm³/mol. The highest BCUT2D eigenvalue weighted by atomic mass is 19.4. The van der Waals surface area contributed by atoms with Crippen molar-refractivity contribution in [2.45, 2.75) is 58.5 Å². The van der Waals surface area contributed by atoms with Crippen molar-refractivity contribution in [2.24, 2.45) is 5.41 Å². The van der Waals surface area contributed by atoms with E-state index < -0.39 is 23.4 Å². The zero-order valence-electron chi connectivity index (χ0n) is 25.3. The molecule has 44 heavy (non-hydrogen) atoms. The molecular weight excluding hydrogens is 573 g/mol. The molecule has 2 aliphatic heterocycles. The van der Waals surface area contributed by atoms with Gasteiger partial charge in [0.1, 0.15) is 11.3 Å².